The van der Waals surface area contributed by atoms with Gasteiger partial charge in [-0.3, -0.25) is 4.90 Å². The fourth-order valence-corrected chi connectivity index (χ4v) is 2.31. The zero-order chi connectivity index (χ0) is 12.4. The first-order valence-electron chi connectivity index (χ1n) is 6.00. The monoisotopic (exact) mass is 312 g/mol. The van der Waals surface area contributed by atoms with Crippen molar-refractivity contribution in [3.8, 4) is 0 Å². The third-order valence-corrected chi connectivity index (χ3v) is 3.44. The molecule has 1 fully saturated rings. The smallest absolute Gasteiger partial charge is 0.133 e. The maximum Gasteiger partial charge on any atom is 0.133 e. The van der Waals surface area contributed by atoms with Gasteiger partial charge in [-0.05, 0) is 25.5 Å². The predicted molar refractivity (Wildman–Crippen MR) is 78.4 cm³/mol. The lowest BCUT2D eigenvalue weighted by Crippen LogP contribution is -2.44. The van der Waals surface area contributed by atoms with Crippen LogP contribution in [0.15, 0.2) is 12.1 Å². The van der Waals surface area contributed by atoms with Crippen molar-refractivity contribution in [1.29, 1.82) is 0 Å². The lowest BCUT2D eigenvalue weighted by molar-refractivity contribution is 0.179. The quantitative estimate of drug-likeness (QED) is 0.903. The van der Waals surface area contributed by atoms with Gasteiger partial charge in [0.2, 0.25) is 0 Å². The van der Waals surface area contributed by atoms with Crippen LogP contribution < -0.4 is 5.32 Å². The zero-order valence-corrected chi connectivity index (χ0v) is 12.7. The van der Waals surface area contributed by atoms with Gasteiger partial charge in [0.1, 0.15) is 11.6 Å². The summed E-state index contributed by atoms with van der Waals surface area (Å²) in [5.41, 5.74) is 0.704. The first-order valence-corrected chi connectivity index (χ1v) is 6.00. The molecule has 1 aliphatic rings. The van der Waals surface area contributed by atoms with Crippen molar-refractivity contribution >= 4 is 24.8 Å². The number of halogens is 4. The highest BCUT2D eigenvalue weighted by Gasteiger charge is 2.24. The number of hydrogen-bond donors (Lipinski definition) is 1. The van der Waals surface area contributed by atoms with E-state index in [0.717, 1.165) is 26.2 Å². The van der Waals surface area contributed by atoms with Crippen molar-refractivity contribution in [3.63, 3.8) is 0 Å². The second-order valence-electron chi connectivity index (χ2n) is 4.55. The van der Waals surface area contributed by atoms with Crippen molar-refractivity contribution in [2.45, 2.75) is 19.9 Å². The standard InChI is InChI=1S/C13H18F2N2.2ClH/c1-9-3-4-11(14)12(13(9)15)10(2)17-7-5-16-6-8-17;;/h3-4,10,16H,5-8H2,1-2H3;2*1H/t10-;;/m0../s1. The zero-order valence-electron chi connectivity index (χ0n) is 11.1. The highest BCUT2D eigenvalue weighted by Crippen LogP contribution is 2.27. The molecule has 1 aromatic rings. The van der Waals surface area contributed by atoms with E-state index in [1.165, 1.54) is 12.1 Å². The molecule has 0 aromatic heterocycles. The van der Waals surface area contributed by atoms with Crippen molar-refractivity contribution in [2.24, 2.45) is 0 Å². The molecule has 0 saturated carbocycles. The molecule has 2 nitrogen and oxygen atoms in total. The third kappa shape index (κ3) is 4.02. The van der Waals surface area contributed by atoms with Crippen molar-refractivity contribution in [1.82, 2.24) is 10.2 Å². The van der Waals surface area contributed by atoms with Gasteiger partial charge in [0.05, 0.1) is 0 Å². The summed E-state index contributed by atoms with van der Waals surface area (Å²) in [4.78, 5) is 2.11. The number of aryl methyl sites for hydroxylation is 1. The van der Waals surface area contributed by atoms with Crippen LogP contribution in [0.25, 0.3) is 0 Å². The molecule has 1 N–H and O–H groups in total. The lowest BCUT2D eigenvalue weighted by Gasteiger charge is -2.33. The van der Waals surface area contributed by atoms with E-state index in [2.05, 4.69) is 10.2 Å². The van der Waals surface area contributed by atoms with Crippen LogP contribution in [0.4, 0.5) is 8.78 Å². The maximum absolute atomic E-state index is 14.0. The number of hydrogen-bond acceptors (Lipinski definition) is 2. The van der Waals surface area contributed by atoms with Gasteiger partial charge < -0.3 is 5.32 Å². The van der Waals surface area contributed by atoms with Gasteiger partial charge in [-0.2, -0.15) is 0 Å². The minimum absolute atomic E-state index is 0. The molecule has 2 rings (SSSR count). The summed E-state index contributed by atoms with van der Waals surface area (Å²) in [7, 11) is 0. The van der Waals surface area contributed by atoms with Gasteiger partial charge >= 0.3 is 0 Å². The van der Waals surface area contributed by atoms with Gasteiger partial charge in [-0.1, -0.05) is 6.07 Å². The summed E-state index contributed by atoms with van der Waals surface area (Å²) in [6, 6.07) is 2.63. The average molecular weight is 313 g/mol. The topological polar surface area (TPSA) is 15.3 Å². The molecule has 0 amide bonds. The van der Waals surface area contributed by atoms with Crippen molar-refractivity contribution < 1.29 is 8.78 Å². The van der Waals surface area contributed by atoms with Crippen LogP contribution in [0, 0.1) is 18.6 Å². The first-order chi connectivity index (χ1) is 8.11. The molecule has 1 heterocycles. The van der Waals surface area contributed by atoms with E-state index < -0.39 is 11.6 Å². The first kappa shape index (κ1) is 18.6. The maximum atomic E-state index is 14.0. The summed E-state index contributed by atoms with van der Waals surface area (Å²) >= 11 is 0. The second-order valence-corrected chi connectivity index (χ2v) is 4.55. The van der Waals surface area contributed by atoms with Crippen LogP contribution in [-0.4, -0.2) is 31.1 Å². The number of piperazine rings is 1. The summed E-state index contributed by atoms with van der Waals surface area (Å²) in [5, 5.41) is 3.23. The molecule has 19 heavy (non-hydrogen) atoms. The summed E-state index contributed by atoms with van der Waals surface area (Å²) < 4.78 is 27.7. The van der Waals surface area contributed by atoms with Crippen LogP contribution in [-0.2, 0) is 0 Å². The molecule has 0 radical (unpaired) electrons. The van der Waals surface area contributed by atoms with Crippen LogP contribution >= 0.6 is 24.8 Å². The van der Waals surface area contributed by atoms with E-state index >= 15 is 0 Å². The molecule has 1 aliphatic heterocycles. The van der Waals surface area contributed by atoms with Gasteiger partial charge in [0.25, 0.3) is 0 Å². The highest BCUT2D eigenvalue weighted by molar-refractivity contribution is 5.85. The summed E-state index contributed by atoms with van der Waals surface area (Å²) in [5.74, 6) is -0.852. The van der Waals surface area contributed by atoms with Crippen molar-refractivity contribution in [2.75, 3.05) is 26.2 Å². The van der Waals surface area contributed by atoms with Crippen LogP contribution in [0.5, 0.6) is 0 Å². The van der Waals surface area contributed by atoms with Crippen LogP contribution in [0.3, 0.4) is 0 Å². The molecule has 1 atom stereocenters. The second kappa shape index (κ2) is 8.00. The van der Waals surface area contributed by atoms with E-state index in [9.17, 15) is 8.78 Å². The van der Waals surface area contributed by atoms with Gasteiger partial charge in [0, 0.05) is 37.8 Å². The Morgan fingerprint density at radius 2 is 1.74 bits per heavy atom. The Bertz CT molecular complexity index is 410. The number of nitrogens with one attached hydrogen (secondary N) is 1. The lowest BCUT2D eigenvalue weighted by atomic mass is 10.0. The molecule has 1 aromatic carbocycles. The summed E-state index contributed by atoms with van der Waals surface area (Å²) in [6.07, 6.45) is 0. The molecule has 110 valence electrons. The predicted octanol–water partition coefficient (Wildman–Crippen LogP) is 3.08. The number of benzene rings is 1. The molecule has 0 spiro atoms. The van der Waals surface area contributed by atoms with Gasteiger partial charge in [-0.15, -0.1) is 24.8 Å². The molecular formula is C13H20Cl2F2N2. The Morgan fingerprint density at radius 1 is 1.16 bits per heavy atom. The Morgan fingerprint density at radius 3 is 2.32 bits per heavy atom. The largest absolute Gasteiger partial charge is 0.314 e. The van der Waals surface area contributed by atoms with Crippen molar-refractivity contribution in [3.05, 3.63) is 34.9 Å². The SMILES string of the molecule is Cc1ccc(F)c([C@H](C)N2CCNCC2)c1F.Cl.Cl. The minimum atomic E-state index is -0.445. The fourth-order valence-electron chi connectivity index (χ4n) is 2.31. The third-order valence-electron chi connectivity index (χ3n) is 3.44. The normalized spacial score (nSPS) is 17.3. The van der Waals surface area contributed by atoms with Gasteiger partial charge in [0.15, 0.2) is 0 Å². The minimum Gasteiger partial charge on any atom is -0.314 e. The Labute approximate surface area is 125 Å². The van der Waals surface area contributed by atoms with Gasteiger partial charge in [-0.25, -0.2) is 8.78 Å². The highest BCUT2D eigenvalue weighted by atomic mass is 35.5. The molecular weight excluding hydrogens is 293 g/mol. The van der Waals surface area contributed by atoms with E-state index in [0.29, 0.717) is 5.56 Å². The van der Waals surface area contributed by atoms with E-state index in [1.54, 1.807) is 6.92 Å². The number of nitrogens with zero attached hydrogens (tertiary/aromatic N) is 1. The molecule has 1 saturated heterocycles. The Kier molecular flexibility index (Phi) is 7.82. The van der Waals surface area contributed by atoms with E-state index in [4.69, 9.17) is 0 Å². The van der Waals surface area contributed by atoms with E-state index in [1.807, 2.05) is 6.92 Å². The fraction of sp³-hybridized carbons (Fsp3) is 0.538. The Balaban J connectivity index is 0.00000162. The molecule has 6 heteroatoms. The van der Waals surface area contributed by atoms with Crippen LogP contribution in [0.2, 0.25) is 0 Å². The number of rotatable bonds is 2. The Hall–Kier alpha value is -0.420. The molecule has 0 bridgehead atoms. The van der Waals surface area contributed by atoms with E-state index in [-0.39, 0.29) is 36.4 Å². The van der Waals surface area contributed by atoms with Crippen LogP contribution in [0.1, 0.15) is 24.1 Å². The molecule has 0 aliphatic carbocycles. The average Bonchev–Trinajstić information content (AvgIpc) is 2.35. The summed E-state index contributed by atoms with van der Waals surface area (Å²) in [6.45, 7) is 6.94. The molecule has 0 unspecified atom stereocenters.